The molecule has 0 radical (unpaired) electrons. The van der Waals surface area contributed by atoms with E-state index >= 15 is 0 Å². The van der Waals surface area contributed by atoms with Crippen LogP contribution >= 0.6 is 11.6 Å². The van der Waals surface area contributed by atoms with Crippen LogP contribution in [0.1, 0.15) is 0 Å². The second-order valence-electron chi connectivity index (χ2n) is 3.50. The van der Waals surface area contributed by atoms with Crippen LogP contribution < -0.4 is 4.74 Å². The molecule has 2 rings (SSSR count). The van der Waals surface area contributed by atoms with Gasteiger partial charge in [0.2, 0.25) is 5.75 Å². The van der Waals surface area contributed by atoms with Gasteiger partial charge in [-0.1, -0.05) is 17.7 Å². The summed E-state index contributed by atoms with van der Waals surface area (Å²) in [5.74, 6) is -5.91. The number of ether oxygens (including phenoxy) is 1. The highest BCUT2D eigenvalue weighted by Gasteiger charge is 2.22. The lowest BCUT2D eigenvalue weighted by Crippen LogP contribution is -2.00. The Balaban J connectivity index is 2.50. The summed E-state index contributed by atoms with van der Waals surface area (Å²) in [5.41, 5.74) is -0.566. The fraction of sp³-hybridized carbons (Fsp3) is 0. The molecule has 0 unspecified atom stereocenters. The summed E-state index contributed by atoms with van der Waals surface area (Å²) in [6.07, 6.45) is 0. The molecule has 5 nitrogen and oxygen atoms in total. The van der Waals surface area contributed by atoms with Crippen molar-refractivity contribution in [2.45, 2.75) is 0 Å². The van der Waals surface area contributed by atoms with E-state index < -0.39 is 39.8 Å². The molecule has 0 aliphatic carbocycles. The normalized spacial score (nSPS) is 10.4. The van der Waals surface area contributed by atoms with Crippen molar-refractivity contribution in [1.29, 1.82) is 0 Å². The molecule has 0 N–H and O–H groups in total. The van der Waals surface area contributed by atoms with Crippen molar-refractivity contribution >= 4 is 17.3 Å². The van der Waals surface area contributed by atoms with Gasteiger partial charge in [-0.3, -0.25) is 10.1 Å². The first-order valence-electron chi connectivity index (χ1n) is 5.02. The van der Waals surface area contributed by atoms with Crippen molar-refractivity contribution in [1.82, 2.24) is 4.98 Å². The number of benzene rings is 1. The van der Waals surface area contributed by atoms with E-state index in [1.165, 1.54) is 12.1 Å². The smallest absolute Gasteiger partial charge is 0.313 e. The Hall–Kier alpha value is -2.35. The SMILES string of the molecule is O=[N+]([O-])c1cccc(Cl)c1Oc1nc(F)c(F)cc1F. The largest absolute Gasteiger partial charge is 0.427 e. The zero-order chi connectivity index (χ0) is 14.9. The molecule has 2 aromatic rings. The van der Waals surface area contributed by atoms with Crippen LogP contribution in [0.5, 0.6) is 11.6 Å². The quantitative estimate of drug-likeness (QED) is 0.491. The molecule has 0 atom stereocenters. The average Bonchev–Trinajstić information content (AvgIpc) is 2.37. The highest BCUT2D eigenvalue weighted by molar-refractivity contribution is 6.32. The standard InChI is InChI=1S/C11H4ClF3N2O3/c12-5-2-1-3-8(17(18)19)9(5)20-11-7(14)4-6(13)10(15)16-11/h1-4H. The molecule has 9 heteroatoms. The summed E-state index contributed by atoms with van der Waals surface area (Å²) in [5, 5.41) is 10.6. The molecule has 0 saturated carbocycles. The second kappa shape index (κ2) is 5.33. The number of rotatable bonds is 3. The Morgan fingerprint density at radius 3 is 2.60 bits per heavy atom. The monoisotopic (exact) mass is 304 g/mol. The first-order chi connectivity index (χ1) is 9.40. The first kappa shape index (κ1) is 14.1. The van der Waals surface area contributed by atoms with E-state index in [0.29, 0.717) is 0 Å². The van der Waals surface area contributed by atoms with Gasteiger partial charge in [0.1, 0.15) is 0 Å². The van der Waals surface area contributed by atoms with Crippen LogP contribution in [0.25, 0.3) is 0 Å². The van der Waals surface area contributed by atoms with Crippen molar-refractivity contribution in [3.63, 3.8) is 0 Å². The van der Waals surface area contributed by atoms with E-state index in [1.807, 2.05) is 0 Å². The maximum atomic E-state index is 13.4. The first-order valence-corrected chi connectivity index (χ1v) is 5.40. The Kier molecular flexibility index (Phi) is 3.75. The van der Waals surface area contributed by atoms with Crippen LogP contribution in [0.4, 0.5) is 18.9 Å². The van der Waals surface area contributed by atoms with E-state index in [0.717, 1.165) is 6.07 Å². The summed E-state index contributed by atoms with van der Waals surface area (Å²) in [6.45, 7) is 0. The van der Waals surface area contributed by atoms with Crippen LogP contribution in [0.15, 0.2) is 24.3 Å². The number of nitro groups is 1. The molecular formula is C11H4ClF3N2O3. The Bertz CT molecular complexity index is 697. The fourth-order valence-electron chi connectivity index (χ4n) is 1.34. The second-order valence-corrected chi connectivity index (χ2v) is 3.90. The number of nitrogens with zero attached hydrogens (tertiary/aromatic N) is 2. The molecule has 0 aliphatic heterocycles. The van der Waals surface area contributed by atoms with Gasteiger partial charge in [0, 0.05) is 12.1 Å². The lowest BCUT2D eigenvalue weighted by Gasteiger charge is -2.08. The average molecular weight is 305 g/mol. The van der Waals surface area contributed by atoms with Crippen molar-refractivity contribution in [3.8, 4) is 11.6 Å². The van der Waals surface area contributed by atoms with E-state index in [-0.39, 0.29) is 11.1 Å². The van der Waals surface area contributed by atoms with Crippen molar-refractivity contribution in [2.24, 2.45) is 0 Å². The van der Waals surface area contributed by atoms with Gasteiger partial charge in [-0.2, -0.15) is 9.37 Å². The molecule has 1 aromatic carbocycles. The Morgan fingerprint density at radius 2 is 1.95 bits per heavy atom. The minimum atomic E-state index is -1.60. The molecule has 20 heavy (non-hydrogen) atoms. The van der Waals surface area contributed by atoms with Crippen LogP contribution in [0, 0.1) is 27.7 Å². The van der Waals surface area contributed by atoms with E-state index in [4.69, 9.17) is 16.3 Å². The summed E-state index contributed by atoms with van der Waals surface area (Å²) < 4.78 is 43.8. The highest BCUT2D eigenvalue weighted by atomic mass is 35.5. The molecule has 0 bridgehead atoms. The predicted molar refractivity (Wildman–Crippen MR) is 62.3 cm³/mol. The number of hydrogen-bond acceptors (Lipinski definition) is 4. The zero-order valence-electron chi connectivity index (χ0n) is 9.44. The number of nitro benzene ring substituents is 1. The summed E-state index contributed by atoms with van der Waals surface area (Å²) in [4.78, 5) is 12.9. The summed E-state index contributed by atoms with van der Waals surface area (Å²) in [6, 6.07) is 3.80. The van der Waals surface area contributed by atoms with Crippen molar-refractivity contribution in [2.75, 3.05) is 0 Å². The molecule has 0 fully saturated rings. The van der Waals surface area contributed by atoms with Crippen molar-refractivity contribution < 1.29 is 22.8 Å². The maximum Gasteiger partial charge on any atom is 0.313 e. The number of hydrogen-bond donors (Lipinski definition) is 0. The van der Waals surface area contributed by atoms with Crippen molar-refractivity contribution in [3.05, 3.63) is 57.0 Å². The topological polar surface area (TPSA) is 65.3 Å². The zero-order valence-corrected chi connectivity index (χ0v) is 10.2. The van der Waals surface area contributed by atoms with Gasteiger partial charge >= 0.3 is 5.69 Å². The van der Waals surface area contributed by atoms with Crippen LogP contribution in [-0.4, -0.2) is 9.91 Å². The minimum Gasteiger partial charge on any atom is -0.427 e. The third-order valence-electron chi connectivity index (χ3n) is 2.20. The van der Waals surface area contributed by atoms with Gasteiger partial charge in [0.25, 0.3) is 11.8 Å². The van der Waals surface area contributed by atoms with Gasteiger partial charge in [0.05, 0.1) is 9.95 Å². The van der Waals surface area contributed by atoms with Gasteiger partial charge in [-0.25, -0.2) is 8.78 Å². The van der Waals surface area contributed by atoms with Crippen LogP contribution in [-0.2, 0) is 0 Å². The van der Waals surface area contributed by atoms with Gasteiger partial charge in [0.15, 0.2) is 11.6 Å². The van der Waals surface area contributed by atoms with E-state index in [2.05, 4.69) is 4.98 Å². The molecule has 1 aromatic heterocycles. The lowest BCUT2D eigenvalue weighted by atomic mass is 10.3. The predicted octanol–water partition coefficient (Wildman–Crippen LogP) is 3.85. The minimum absolute atomic E-state index is 0.204. The molecular weight excluding hydrogens is 301 g/mol. The van der Waals surface area contributed by atoms with Gasteiger partial charge in [-0.05, 0) is 6.07 Å². The van der Waals surface area contributed by atoms with E-state index in [9.17, 15) is 23.3 Å². The summed E-state index contributed by atoms with van der Waals surface area (Å²) in [7, 11) is 0. The van der Waals surface area contributed by atoms with Gasteiger partial charge < -0.3 is 4.74 Å². The van der Waals surface area contributed by atoms with Crippen LogP contribution in [0.2, 0.25) is 5.02 Å². The number of para-hydroxylation sites is 1. The molecule has 0 saturated heterocycles. The molecule has 0 spiro atoms. The van der Waals surface area contributed by atoms with Crippen LogP contribution in [0.3, 0.4) is 0 Å². The third-order valence-corrected chi connectivity index (χ3v) is 2.49. The Labute approximate surface area is 114 Å². The van der Waals surface area contributed by atoms with Gasteiger partial charge in [-0.15, -0.1) is 0 Å². The fourth-order valence-corrected chi connectivity index (χ4v) is 1.55. The third kappa shape index (κ3) is 2.64. The number of pyridine rings is 1. The number of aromatic nitrogens is 1. The highest BCUT2D eigenvalue weighted by Crippen LogP contribution is 2.37. The lowest BCUT2D eigenvalue weighted by molar-refractivity contribution is -0.385. The molecule has 1 heterocycles. The van der Waals surface area contributed by atoms with E-state index in [1.54, 1.807) is 0 Å². The Morgan fingerprint density at radius 1 is 1.25 bits per heavy atom. The molecule has 0 aliphatic rings. The number of halogens is 4. The maximum absolute atomic E-state index is 13.4. The molecule has 104 valence electrons. The summed E-state index contributed by atoms with van der Waals surface area (Å²) >= 11 is 5.70. The molecule has 0 amide bonds.